The number of aromatic nitrogens is 1. The molecule has 0 bridgehead atoms. The maximum absolute atomic E-state index is 13.0. The van der Waals surface area contributed by atoms with Gasteiger partial charge in [0.25, 0.3) is 5.91 Å². The summed E-state index contributed by atoms with van der Waals surface area (Å²) in [5.74, 6) is -0.126. The zero-order chi connectivity index (χ0) is 17.8. The van der Waals surface area contributed by atoms with E-state index in [0.29, 0.717) is 25.1 Å². The summed E-state index contributed by atoms with van der Waals surface area (Å²) in [6, 6.07) is 9.29. The molecular formula is C20H25N3O2. The largest absolute Gasteiger partial charge is 0.364 e. The molecule has 1 aromatic carbocycles. The molecule has 2 amide bonds. The van der Waals surface area contributed by atoms with Crippen molar-refractivity contribution in [3.05, 3.63) is 58.9 Å². The van der Waals surface area contributed by atoms with Crippen molar-refractivity contribution in [3.8, 4) is 0 Å². The van der Waals surface area contributed by atoms with Gasteiger partial charge in [-0.3, -0.25) is 9.59 Å². The van der Waals surface area contributed by atoms with Crippen molar-refractivity contribution in [2.45, 2.75) is 45.7 Å². The quantitative estimate of drug-likeness (QED) is 0.899. The molecule has 1 aliphatic rings. The van der Waals surface area contributed by atoms with Crippen molar-refractivity contribution < 1.29 is 9.59 Å². The highest BCUT2D eigenvalue weighted by atomic mass is 16.2. The van der Waals surface area contributed by atoms with Gasteiger partial charge in [0, 0.05) is 24.0 Å². The number of carbonyl (C=O) groups excluding carboxylic acids is 2. The summed E-state index contributed by atoms with van der Waals surface area (Å²) >= 11 is 0. The van der Waals surface area contributed by atoms with Crippen LogP contribution in [0.5, 0.6) is 0 Å². The lowest BCUT2D eigenvalue weighted by Gasteiger charge is -2.35. The van der Waals surface area contributed by atoms with Gasteiger partial charge in [-0.05, 0) is 57.4 Å². The Kier molecular flexibility index (Phi) is 5.22. The first-order valence-corrected chi connectivity index (χ1v) is 8.84. The second kappa shape index (κ2) is 7.55. The van der Waals surface area contributed by atoms with E-state index in [-0.39, 0.29) is 11.8 Å². The Morgan fingerprint density at radius 1 is 1.20 bits per heavy atom. The second-order valence-corrected chi connectivity index (χ2v) is 6.80. The lowest BCUT2D eigenvalue weighted by atomic mass is 9.99. The number of rotatable bonds is 4. The highest BCUT2D eigenvalue weighted by Crippen LogP contribution is 2.21. The molecule has 5 nitrogen and oxygen atoms in total. The summed E-state index contributed by atoms with van der Waals surface area (Å²) in [6.07, 6.45) is 4.46. The zero-order valence-corrected chi connectivity index (χ0v) is 14.8. The molecule has 1 fully saturated rings. The van der Waals surface area contributed by atoms with Gasteiger partial charge in [-0.1, -0.05) is 17.2 Å². The molecule has 1 aromatic heterocycles. The molecule has 1 atom stereocenters. The average molecular weight is 339 g/mol. The molecule has 1 saturated heterocycles. The third kappa shape index (κ3) is 4.10. The predicted molar refractivity (Wildman–Crippen MR) is 97.2 cm³/mol. The van der Waals surface area contributed by atoms with Gasteiger partial charge in [-0.25, -0.2) is 0 Å². The van der Waals surface area contributed by atoms with Gasteiger partial charge >= 0.3 is 0 Å². The number of amides is 2. The number of aromatic amines is 1. The van der Waals surface area contributed by atoms with Gasteiger partial charge in [0.15, 0.2) is 0 Å². The molecule has 3 rings (SSSR count). The Hall–Kier alpha value is -2.56. The Balaban J connectivity index is 1.73. The van der Waals surface area contributed by atoms with Crippen molar-refractivity contribution in [1.82, 2.24) is 15.2 Å². The number of nitrogens with one attached hydrogen (secondary N) is 2. The van der Waals surface area contributed by atoms with Gasteiger partial charge in [0.2, 0.25) is 5.91 Å². The first-order chi connectivity index (χ1) is 12.0. The first-order valence-electron chi connectivity index (χ1n) is 8.84. The number of aryl methyl sites for hydroxylation is 2. The molecule has 2 aromatic rings. The predicted octanol–water partition coefficient (Wildman–Crippen LogP) is 2.94. The smallest absolute Gasteiger partial charge is 0.254 e. The highest BCUT2D eigenvalue weighted by molar-refractivity contribution is 5.98. The summed E-state index contributed by atoms with van der Waals surface area (Å²) in [5.41, 5.74) is 3.75. The summed E-state index contributed by atoms with van der Waals surface area (Å²) in [6.45, 7) is 5.06. The average Bonchev–Trinajstić information content (AvgIpc) is 3.11. The number of hydrogen-bond donors (Lipinski definition) is 2. The number of carbonyl (C=O) groups is 2. The topological polar surface area (TPSA) is 65.2 Å². The fourth-order valence-electron chi connectivity index (χ4n) is 3.49. The molecule has 0 spiro atoms. The third-order valence-corrected chi connectivity index (χ3v) is 4.65. The van der Waals surface area contributed by atoms with E-state index in [0.717, 1.165) is 29.7 Å². The van der Waals surface area contributed by atoms with E-state index >= 15 is 0 Å². The molecule has 132 valence electrons. The normalized spacial score (nSPS) is 17.4. The van der Waals surface area contributed by atoms with Gasteiger partial charge in [0.1, 0.15) is 6.04 Å². The van der Waals surface area contributed by atoms with E-state index in [9.17, 15) is 9.59 Å². The van der Waals surface area contributed by atoms with Crippen molar-refractivity contribution in [1.29, 1.82) is 0 Å². The van der Waals surface area contributed by atoms with Gasteiger partial charge < -0.3 is 15.2 Å². The van der Waals surface area contributed by atoms with E-state index in [4.69, 9.17) is 0 Å². The van der Waals surface area contributed by atoms with Crippen LogP contribution in [0.4, 0.5) is 0 Å². The Morgan fingerprint density at radius 3 is 2.64 bits per heavy atom. The van der Waals surface area contributed by atoms with Crippen LogP contribution in [0.2, 0.25) is 0 Å². The SMILES string of the molecule is Cc1cc(C)cc(C(=O)N2CCCCC2C(=O)NCc2ccc[nH]2)c1. The third-order valence-electron chi connectivity index (χ3n) is 4.65. The first kappa shape index (κ1) is 17.3. The van der Waals surface area contributed by atoms with Crippen LogP contribution in [0.1, 0.15) is 46.4 Å². The van der Waals surface area contributed by atoms with Gasteiger partial charge in [-0.2, -0.15) is 0 Å². The van der Waals surface area contributed by atoms with E-state index in [2.05, 4.69) is 10.3 Å². The molecule has 1 unspecified atom stereocenters. The van der Waals surface area contributed by atoms with Crippen molar-refractivity contribution >= 4 is 11.8 Å². The highest BCUT2D eigenvalue weighted by Gasteiger charge is 2.32. The number of piperidine rings is 1. The summed E-state index contributed by atoms with van der Waals surface area (Å²) < 4.78 is 0. The number of likely N-dealkylation sites (tertiary alicyclic amines) is 1. The van der Waals surface area contributed by atoms with Gasteiger partial charge in [0.05, 0.1) is 6.54 Å². The van der Waals surface area contributed by atoms with Crippen LogP contribution in [-0.4, -0.2) is 34.3 Å². The summed E-state index contributed by atoms with van der Waals surface area (Å²) in [4.78, 5) is 30.5. The number of benzene rings is 1. The number of hydrogen-bond acceptors (Lipinski definition) is 2. The molecule has 0 radical (unpaired) electrons. The molecule has 2 heterocycles. The molecule has 0 saturated carbocycles. The lowest BCUT2D eigenvalue weighted by Crippen LogP contribution is -2.51. The van der Waals surface area contributed by atoms with Crippen molar-refractivity contribution in [2.75, 3.05) is 6.54 Å². The molecule has 0 aliphatic carbocycles. The maximum atomic E-state index is 13.0. The maximum Gasteiger partial charge on any atom is 0.254 e. The van der Waals surface area contributed by atoms with Crippen LogP contribution >= 0.6 is 0 Å². The minimum Gasteiger partial charge on any atom is -0.364 e. The van der Waals surface area contributed by atoms with Crippen LogP contribution in [-0.2, 0) is 11.3 Å². The van der Waals surface area contributed by atoms with E-state index in [1.807, 2.05) is 50.4 Å². The molecule has 2 N–H and O–H groups in total. The van der Waals surface area contributed by atoms with E-state index in [1.54, 1.807) is 4.90 Å². The van der Waals surface area contributed by atoms with Crippen LogP contribution in [0, 0.1) is 13.8 Å². The Morgan fingerprint density at radius 2 is 1.96 bits per heavy atom. The summed E-state index contributed by atoms with van der Waals surface area (Å²) in [7, 11) is 0. The molecule has 25 heavy (non-hydrogen) atoms. The lowest BCUT2D eigenvalue weighted by molar-refractivity contribution is -0.126. The van der Waals surface area contributed by atoms with Crippen molar-refractivity contribution in [3.63, 3.8) is 0 Å². The fraction of sp³-hybridized carbons (Fsp3) is 0.400. The van der Waals surface area contributed by atoms with Gasteiger partial charge in [-0.15, -0.1) is 0 Å². The molecule has 1 aliphatic heterocycles. The van der Waals surface area contributed by atoms with E-state index in [1.165, 1.54) is 0 Å². The Bertz CT molecular complexity index is 732. The van der Waals surface area contributed by atoms with Crippen LogP contribution in [0.15, 0.2) is 36.5 Å². The van der Waals surface area contributed by atoms with Crippen LogP contribution in [0.3, 0.4) is 0 Å². The number of nitrogens with zero attached hydrogens (tertiary/aromatic N) is 1. The van der Waals surface area contributed by atoms with Crippen molar-refractivity contribution in [2.24, 2.45) is 0 Å². The summed E-state index contributed by atoms with van der Waals surface area (Å²) in [5, 5.41) is 2.95. The second-order valence-electron chi connectivity index (χ2n) is 6.80. The van der Waals surface area contributed by atoms with Crippen LogP contribution < -0.4 is 5.32 Å². The Labute approximate surface area is 148 Å². The van der Waals surface area contributed by atoms with Crippen LogP contribution in [0.25, 0.3) is 0 Å². The molecule has 5 heteroatoms. The van der Waals surface area contributed by atoms with E-state index < -0.39 is 6.04 Å². The fourth-order valence-corrected chi connectivity index (χ4v) is 3.49. The number of H-pyrrole nitrogens is 1. The molecular weight excluding hydrogens is 314 g/mol. The standard InChI is InChI=1S/C20H25N3O2/c1-14-10-15(2)12-16(11-14)20(25)23-9-4-3-7-18(23)19(24)22-13-17-6-5-8-21-17/h5-6,8,10-12,18,21H,3-4,7,9,13H2,1-2H3,(H,22,24). The monoisotopic (exact) mass is 339 g/mol. The minimum atomic E-state index is -0.392. The minimum absolute atomic E-state index is 0.0495. The zero-order valence-electron chi connectivity index (χ0n) is 14.8.